The maximum absolute atomic E-state index is 11.7. The van der Waals surface area contributed by atoms with E-state index in [1.807, 2.05) is 0 Å². The minimum atomic E-state index is -0.393. The molecule has 1 rings (SSSR count). The van der Waals surface area contributed by atoms with Gasteiger partial charge in [0.2, 0.25) is 5.91 Å². The molecule has 0 radical (unpaired) electrons. The maximum Gasteiger partial charge on any atom is 0.244 e. The molecule has 1 aromatic rings. The van der Waals surface area contributed by atoms with Crippen molar-refractivity contribution in [2.45, 2.75) is 26.0 Å². The van der Waals surface area contributed by atoms with Gasteiger partial charge in [0.25, 0.3) is 0 Å². The fraction of sp³-hybridized carbons (Fsp3) is 0.600. The third-order valence-corrected chi connectivity index (χ3v) is 2.27. The van der Waals surface area contributed by atoms with E-state index in [1.54, 1.807) is 31.1 Å². The summed E-state index contributed by atoms with van der Waals surface area (Å²) in [6.07, 6.45) is 1.84. The molecule has 6 heteroatoms. The number of aliphatic hydroxyl groups excluding tert-OH is 1. The first-order valence-corrected chi connectivity index (χ1v) is 5.20. The van der Waals surface area contributed by atoms with Crippen molar-refractivity contribution < 1.29 is 9.90 Å². The van der Waals surface area contributed by atoms with Crippen LogP contribution in [0.3, 0.4) is 0 Å². The van der Waals surface area contributed by atoms with Crippen LogP contribution in [0.5, 0.6) is 0 Å². The number of hydrogen-bond acceptors (Lipinski definition) is 4. The molecule has 0 bridgehead atoms. The molecule has 0 fully saturated rings. The highest BCUT2D eigenvalue weighted by Gasteiger charge is 2.10. The lowest BCUT2D eigenvalue weighted by molar-refractivity contribution is -0.130. The van der Waals surface area contributed by atoms with E-state index in [1.165, 1.54) is 4.68 Å². The van der Waals surface area contributed by atoms with Crippen molar-refractivity contribution in [2.24, 2.45) is 0 Å². The van der Waals surface area contributed by atoms with Crippen molar-refractivity contribution in [2.75, 3.05) is 19.3 Å². The number of aromatic nitrogens is 2. The molecule has 0 spiro atoms. The van der Waals surface area contributed by atoms with E-state index in [0.717, 1.165) is 0 Å². The molecule has 90 valence electrons. The molecule has 1 heterocycles. The Morgan fingerprint density at radius 3 is 2.94 bits per heavy atom. The first-order valence-electron chi connectivity index (χ1n) is 5.20. The smallest absolute Gasteiger partial charge is 0.244 e. The minimum absolute atomic E-state index is 0.0521. The number of nitrogens with zero attached hydrogens (tertiary/aromatic N) is 3. The Morgan fingerprint density at radius 2 is 2.44 bits per heavy atom. The van der Waals surface area contributed by atoms with E-state index in [4.69, 9.17) is 10.8 Å². The van der Waals surface area contributed by atoms with Gasteiger partial charge in [-0.05, 0) is 19.4 Å². The van der Waals surface area contributed by atoms with Crippen LogP contribution in [-0.2, 0) is 11.3 Å². The topological polar surface area (TPSA) is 84.4 Å². The van der Waals surface area contributed by atoms with Crippen LogP contribution in [0.2, 0.25) is 0 Å². The highest BCUT2D eigenvalue weighted by molar-refractivity contribution is 5.75. The van der Waals surface area contributed by atoms with Gasteiger partial charge in [-0.25, -0.2) is 0 Å². The number of rotatable bonds is 5. The molecule has 0 saturated heterocycles. The van der Waals surface area contributed by atoms with Crippen molar-refractivity contribution in [3.63, 3.8) is 0 Å². The van der Waals surface area contributed by atoms with Crippen LogP contribution in [-0.4, -0.2) is 45.4 Å². The van der Waals surface area contributed by atoms with Gasteiger partial charge in [-0.3, -0.25) is 9.48 Å². The largest absolute Gasteiger partial charge is 0.393 e. The predicted octanol–water partition coefficient (Wildman–Crippen LogP) is -0.305. The lowest BCUT2D eigenvalue weighted by atomic mass is 10.3. The number of carbonyl (C=O) groups is 1. The number of carbonyl (C=O) groups excluding carboxylic acids is 1. The molecule has 1 aromatic heterocycles. The van der Waals surface area contributed by atoms with Crippen LogP contribution >= 0.6 is 0 Å². The van der Waals surface area contributed by atoms with E-state index >= 15 is 0 Å². The standard InChI is InChI=1S/C10H18N4O2/c1-8(15)3-5-13(2)10(16)7-14-6-4-9(11)12-14/h4,6,8,15H,3,5,7H2,1-2H3,(H2,11,12). The monoisotopic (exact) mass is 226 g/mol. The van der Waals surface area contributed by atoms with E-state index in [0.29, 0.717) is 18.8 Å². The fourth-order valence-corrected chi connectivity index (χ4v) is 1.23. The summed E-state index contributed by atoms with van der Waals surface area (Å²) < 4.78 is 1.50. The number of likely N-dealkylation sites (N-methyl/N-ethyl adjacent to an activating group) is 1. The lowest BCUT2D eigenvalue weighted by Gasteiger charge is -2.17. The number of amides is 1. The average Bonchev–Trinajstić information content (AvgIpc) is 2.60. The van der Waals surface area contributed by atoms with Gasteiger partial charge in [-0.2, -0.15) is 5.10 Å². The summed E-state index contributed by atoms with van der Waals surface area (Å²) in [6.45, 7) is 2.41. The SMILES string of the molecule is CC(O)CCN(C)C(=O)Cn1ccc(N)n1. The van der Waals surface area contributed by atoms with Crippen molar-refractivity contribution >= 4 is 11.7 Å². The van der Waals surface area contributed by atoms with Gasteiger partial charge in [-0.15, -0.1) is 0 Å². The number of nitrogen functional groups attached to an aromatic ring is 1. The molecule has 0 aliphatic carbocycles. The molecule has 3 N–H and O–H groups in total. The first kappa shape index (κ1) is 12.5. The number of hydrogen-bond donors (Lipinski definition) is 2. The summed E-state index contributed by atoms with van der Waals surface area (Å²) in [6, 6.07) is 1.64. The van der Waals surface area contributed by atoms with Gasteiger partial charge in [0.05, 0.1) is 6.10 Å². The van der Waals surface area contributed by atoms with Crippen LogP contribution in [0, 0.1) is 0 Å². The molecule has 16 heavy (non-hydrogen) atoms. The Hall–Kier alpha value is -1.56. The van der Waals surface area contributed by atoms with Crippen molar-refractivity contribution in [1.82, 2.24) is 14.7 Å². The van der Waals surface area contributed by atoms with Gasteiger partial charge in [0.1, 0.15) is 12.4 Å². The quantitative estimate of drug-likeness (QED) is 0.721. The second kappa shape index (κ2) is 5.50. The zero-order valence-electron chi connectivity index (χ0n) is 9.63. The van der Waals surface area contributed by atoms with Gasteiger partial charge in [-0.1, -0.05) is 0 Å². The van der Waals surface area contributed by atoms with Crippen molar-refractivity contribution in [1.29, 1.82) is 0 Å². The Kier molecular flexibility index (Phi) is 4.30. The second-order valence-electron chi connectivity index (χ2n) is 3.89. The maximum atomic E-state index is 11.7. The van der Waals surface area contributed by atoms with Gasteiger partial charge in [0.15, 0.2) is 0 Å². The predicted molar refractivity (Wildman–Crippen MR) is 60.6 cm³/mol. The Bertz CT molecular complexity index is 348. The number of nitrogens with two attached hydrogens (primary N) is 1. The summed E-state index contributed by atoms with van der Waals surface area (Å²) in [5.74, 6) is 0.350. The van der Waals surface area contributed by atoms with Crippen molar-refractivity contribution in [3.05, 3.63) is 12.3 Å². The Labute approximate surface area is 94.6 Å². The summed E-state index contributed by atoms with van der Waals surface area (Å²) in [7, 11) is 1.71. The third-order valence-electron chi connectivity index (χ3n) is 2.27. The van der Waals surface area contributed by atoms with Crippen molar-refractivity contribution in [3.8, 4) is 0 Å². The van der Waals surface area contributed by atoms with E-state index in [9.17, 15) is 4.79 Å². The molecule has 1 unspecified atom stereocenters. The molecule has 0 aliphatic rings. The van der Waals surface area contributed by atoms with Crippen LogP contribution in [0.1, 0.15) is 13.3 Å². The van der Waals surface area contributed by atoms with Gasteiger partial charge >= 0.3 is 0 Å². The highest BCUT2D eigenvalue weighted by Crippen LogP contribution is 1.99. The molecule has 0 saturated carbocycles. The summed E-state index contributed by atoms with van der Waals surface area (Å²) in [5, 5.41) is 13.0. The van der Waals surface area contributed by atoms with Crippen LogP contribution in [0.25, 0.3) is 0 Å². The van der Waals surface area contributed by atoms with Crippen LogP contribution < -0.4 is 5.73 Å². The van der Waals surface area contributed by atoms with E-state index < -0.39 is 6.10 Å². The summed E-state index contributed by atoms with van der Waals surface area (Å²) in [4.78, 5) is 13.3. The molecule has 1 atom stereocenters. The lowest BCUT2D eigenvalue weighted by Crippen LogP contribution is -2.32. The average molecular weight is 226 g/mol. The normalized spacial score (nSPS) is 12.4. The van der Waals surface area contributed by atoms with Gasteiger partial charge in [0, 0.05) is 19.8 Å². The zero-order chi connectivity index (χ0) is 12.1. The highest BCUT2D eigenvalue weighted by atomic mass is 16.3. The van der Waals surface area contributed by atoms with Crippen LogP contribution in [0.15, 0.2) is 12.3 Å². The molecular formula is C10H18N4O2. The molecule has 6 nitrogen and oxygen atoms in total. The van der Waals surface area contributed by atoms with Gasteiger partial charge < -0.3 is 15.7 Å². The number of aliphatic hydroxyl groups is 1. The Morgan fingerprint density at radius 1 is 1.75 bits per heavy atom. The molecule has 0 aliphatic heterocycles. The molecular weight excluding hydrogens is 208 g/mol. The fourth-order valence-electron chi connectivity index (χ4n) is 1.23. The summed E-state index contributed by atoms with van der Waals surface area (Å²) >= 11 is 0. The second-order valence-corrected chi connectivity index (χ2v) is 3.89. The molecule has 1 amide bonds. The number of anilines is 1. The molecule has 0 aromatic carbocycles. The summed E-state index contributed by atoms with van der Waals surface area (Å²) in [5.41, 5.74) is 5.44. The van der Waals surface area contributed by atoms with E-state index in [-0.39, 0.29) is 12.5 Å². The minimum Gasteiger partial charge on any atom is -0.393 e. The Balaban J connectivity index is 2.39. The third kappa shape index (κ3) is 3.90. The van der Waals surface area contributed by atoms with E-state index in [2.05, 4.69) is 5.10 Å². The van der Waals surface area contributed by atoms with Crippen LogP contribution in [0.4, 0.5) is 5.82 Å². The first-order chi connectivity index (χ1) is 7.49. The zero-order valence-corrected chi connectivity index (χ0v) is 9.63.